The summed E-state index contributed by atoms with van der Waals surface area (Å²) >= 11 is 0. The number of nitrogens with one attached hydrogen (secondary N) is 2. The van der Waals surface area contributed by atoms with Gasteiger partial charge in [-0.1, -0.05) is 6.42 Å². The molecule has 0 aromatic rings. The molecule has 2 N–H and O–H groups in total. The lowest BCUT2D eigenvalue weighted by Gasteiger charge is -2.33. The summed E-state index contributed by atoms with van der Waals surface area (Å²) in [6.07, 6.45) is 6.66. The zero-order valence-corrected chi connectivity index (χ0v) is 15.9. The van der Waals surface area contributed by atoms with Gasteiger partial charge in [-0.3, -0.25) is 4.99 Å². The lowest BCUT2D eigenvalue weighted by atomic mass is 10.0. The van der Waals surface area contributed by atoms with Gasteiger partial charge in [-0.2, -0.15) is 0 Å². The zero-order valence-electron chi connectivity index (χ0n) is 13.6. The molecular weight excluding hydrogens is 363 g/mol. The molecule has 0 saturated carbocycles. The molecule has 1 rings (SSSR count). The molecule has 0 bridgehead atoms. The van der Waals surface area contributed by atoms with Gasteiger partial charge in [-0.05, 0) is 59.5 Å². The summed E-state index contributed by atoms with van der Waals surface area (Å²) in [5.41, 5.74) is 0. The Morgan fingerprint density at radius 1 is 1.30 bits per heavy atom. The minimum Gasteiger partial charge on any atom is -0.356 e. The second-order valence-electron chi connectivity index (χ2n) is 5.89. The van der Waals surface area contributed by atoms with Gasteiger partial charge in [0.2, 0.25) is 0 Å². The van der Waals surface area contributed by atoms with Crippen LogP contribution in [-0.2, 0) is 0 Å². The summed E-state index contributed by atoms with van der Waals surface area (Å²) in [5.74, 6) is 0.918. The van der Waals surface area contributed by atoms with Crippen LogP contribution in [0.2, 0.25) is 0 Å². The molecule has 1 atom stereocenters. The molecule has 0 spiro atoms. The van der Waals surface area contributed by atoms with Crippen molar-refractivity contribution in [1.29, 1.82) is 0 Å². The lowest BCUT2D eigenvalue weighted by Crippen LogP contribution is -2.41. The molecule has 1 saturated heterocycles. The van der Waals surface area contributed by atoms with Crippen LogP contribution >= 0.6 is 24.0 Å². The first-order valence-corrected chi connectivity index (χ1v) is 7.84. The van der Waals surface area contributed by atoms with E-state index in [0.29, 0.717) is 6.04 Å². The van der Waals surface area contributed by atoms with Crippen LogP contribution in [0.25, 0.3) is 0 Å². The van der Waals surface area contributed by atoms with Gasteiger partial charge in [0, 0.05) is 25.7 Å². The summed E-state index contributed by atoms with van der Waals surface area (Å²) in [6.45, 7) is 10.2. The Morgan fingerprint density at radius 3 is 2.65 bits per heavy atom. The van der Waals surface area contributed by atoms with E-state index < -0.39 is 0 Å². The molecule has 0 aromatic carbocycles. The van der Waals surface area contributed by atoms with E-state index in [1.165, 1.54) is 45.2 Å². The molecule has 5 heteroatoms. The molecule has 1 aliphatic heterocycles. The number of unbranched alkanes of at least 4 members (excludes halogenated alkanes) is 1. The zero-order chi connectivity index (χ0) is 14.1. The average Bonchev–Trinajstić information content (AvgIpc) is 2.38. The molecule has 120 valence electrons. The molecule has 1 unspecified atom stereocenters. The normalized spacial score (nSPS) is 20.6. The first kappa shape index (κ1) is 20.0. The highest BCUT2D eigenvalue weighted by Gasteiger charge is 2.16. The van der Waals surface area contributed by atoms with Crippen LogP contribution in [0.15, 0.2) is 4.99 Å². The van der Waals surface area contributed by atoms with Crippen LogP contribution in [0.3, 0.4) is 0 Å². The number of piperidine rings is 1. The highest BCUT2D eigenvalue weighted by atomic mass is 127. The van der Waals surface area contributed by atoms with Crippen molar-refractivity contribution < 1.29 is 0 Å². The molecule has 20 heavy (non-hydrogen) atoms. The van der Waals surface area contributed by atoms with Crippen molar-refractivity contribution in [2.24, 2.45) is 4.99 Å². The van der Waals surface area contributed by atoms with Gasteiger partial charge < -0.3 is 15.5 Å². The van der Waals surface area contributed by atoms with E-state index in [0.717, 1.165) is 18.5 Å². The van der Waals surface area contributed by atoms with E-state index in [1.54, 1.807) is 0 Å². The van der Waals surface area contributed by atoms with E-state index in [-0.39, 0.29) is 24.0 Å². The molecule has 1 fully saturated rings. The molecule has 1 aliphatic rings. The van der Waals surface area contributed by atoms with Crippen LogP contribution in [0.1, 0.15) is 52.9 Å². The number of aliphatic imine (C=N–C) groups is 1. The summed E-state index contributed by atoms with van der Waals surface area (Å²) < 4.78 is 0. The number of nitrogens with zero attached hydrogens (tertiary/aromatic N) is 2. The first-order valence-electron chi connectivity index (χ1n) is 7.84. The minimum atomic E-state index is 0. The van der Waals surface area contributed by atoms with Crippen molar-refractivity contribution in [3.05, 3.63) is 0 Å². The van der Waals surface area contributed by atoms with Crippen LogP contribution in [0.5, 0.6) is 0 Å². The third-order valence-electron chi connectivity index (χ3n) is 3.75. The maximum atomic E-state index is 4.21. The number of hydrogen-bond acceptors (Lipinski definition) is 2. The van der Waals surface area contributed by atoms with Crippen molar-refractivity contribution in [3.8, 4) is 0 Å². The van der Waals surface area contributed by atoms with Gasteiger partial charge in [-0.15, -0.1) is 24.0 Å². The third kappa shape index (κ3) is 8.29. The van der Waals surface area contributed by atoms with Crippen molar-refractivity contribution in [1.82, 2.24) is 15.5 Å². The predicted molar refractivity (Wildman–Crippen MR) is 99.2 cm³/mol. The monoisotopic (exact) mass is 396 g/mol. The number of hydrogen-bond donors (Lipinski definition) is 2. The standard InChI is InChI=1S/C15H32N4.HI/c1-13(2)18-15(16-4)17-10-6-8-12-19-11-7-5-9-14(19)3;/h13-14H,5-12H2,1-4H3,(H2,16,17,18);1H. The topological polar surface area (TPSA) is 39.7 Å². The van der Waals surface area contributed by atoms with Gasteiger partial charge in [0.05, 0.1) is 0 Å². The molecule has 0 aromatic heterocycles. The fourth-order valence-corrected chi connectivity index (χ4v) is 2.60. The van der Waals surface area contributed by atoms with Gasteiger partial charge in [0.15, 0.2) is 5.96 Å². The molecule has 0 amide bonds. The largest absolute Gasteiger partial charge is 0.356 e. The lowest BCUT2D eigenvalue weighted by molar-refractivity contribution is 0.158. The highest BCUT2D eigenvalue weighted by molar-refractivity contribution is 14.0. The van der Waals surface area contributed by atoms with Crippen molar-refractivity contribution in [3.63, 3.8) is 0 Å². The second kappa shape index (κ2) is 11.6. The number of halogens is 1. The summed E-state index contributed by atoms with van der Waals surface area (Å²) in [6, 6.07) is 1.22. The van der Waals surface area contributed by atoms with Crippen LogP contribution in [-0.4, -0.2) is 49.6 Å². The molecular formula is C15H33IN4. The van der Waals surface area contributed by atoms with Gasteiger partial charge in [0.1, 0.15) is 0 Å². The first-order chi connectivity index (χ1) is 9.13. The number of likely N-dealkylation sites (tertiary alicyclic amines) is 1. The smallest absolute Gasteiger partial charge is 0.191 e. The summed E-state index contributed by atoms with van der Waals surface area (Å²) in [7, 11) is 1.83. The van der Waals surface area contributed by atoms with Crippen LogP contribution < -0.4 is 10.6 Å². The quantitative estimate of drug-likeness (QED) is 0.314. The minimum absolute atomic E-state index is 0. The Hall–Kier alpha value is -0.0400. The van der Waals surface area contributed by atoms with Crippen molar-refractivity contribution in [2.75, 3.05) is 26.7 Å². The van der Waals surface area contributed by atoms with Crippen LogP contribution in [0, 0.1) is 0 Å². The van der Waals surface area contributed by atoms with Gasteiger partial charge >= 0.3 is 0 Å². The molecule has 0 aliphatic carbocycles. The Morgan fingerprint density at radius 2 is 2.05 bits per heavy atom. The number of rotatable bonds is 6. The second-order valence-corrected chi connectivity index (χ2v) is 5.89. The Balaban J connectivity index is 0.00000361. The van der Waals surface area contributed by atoms with Gasteiger partial charge in [-0.25, -0.2) is 0 Å². The van der Waals surface area contributed by atoms with E-state index in [4.69, 9.17) is 0 Å². The maximum absolute atomic E-state index is 4.21. The number of guanidine groups is 1. The Kier molecular flexibility index (Phi) is 11.6. The summed E-state index contributed by atoms with van der Waals surface area (Å²) in [4.78, 5) is 6.86. The molecule has 4 nitrogen and oxygen atoms in total. The molecule has 0 radical (unpaired) electrons. The summed E-state index contributed by atoms with van der Waals surface area (Å²) in [5, 5.41) is 6.68. The van der Waals surface area contributed by atoms with E-state index in [2.05, 4.69) is 41.3 Å². The predicted octanol–water partition coefficient (Wildman–Crippen LogP) is 2.83. The SMILES string of the molecule is CN=C(NCCCCN1CCCCC1C)NC(C)C.I. The average molecular weight is 396 g/mol. The highest BCUT2D eigenvalue weighted by Crippen LogP contribution is 2.16. The molecule has 1 heterocycles. The third-order valence-corrected chi connectivity index (χ3v) is 3.75. The maximum Gasteiger partial charge on any atom is 0.191 e. The van der Waals surface area contributed by atoms with Crippen molar-refractivity contribution in [2.45, 2.75) is 65.0 Å². The van der Waals surface area contributed by atoms with E-state index in [1.807, 2.05) is 7.05 Å². The van der Waals surface area contributed by atoms with E-state index >= 15 is 0 Å². The van der Waals surface area contributed by atoms with Gasteiger partial charge in [0.25, 0.3) is 0 Å². The fraction of sp³-hybridized carbons (Fsp3) is 0.933. The van der Waals surface area contributed by atoms with E-state index in [9.17, 15) is 0 Å². The Bertz CT molecular complexity index is 269. The fourth-order valence-electron chi connectivity index (χ4n) is 2.60. The Labute approximate surface area is 142 Å². The van der Waals surface area contributed by atoms with Crippen molar-refractivity contribution >= 4 is 29.9 Å². The van der Waals surface area contributed by atoms with Crippen LogP contribution in [0.4, 0.5) is 0 Å².